The highest BCUT2D eigenvalue weighted by Crippen LogP contribution is 2.46. The van der Waals surface area contributed by atoms with Crippen LogP contribution < -0.4 is 9.47 Å². The molecule has 0 bridgehead atoms. The molecule has 6 nitrogen and oxygen atoms in total. The van der Waals surface area contributed by atoms with Gasteiger partial charge in [-0.25, -0.2) is 0 Å². The van der Waals surface area contributed by atoms with Gasteiger partial charge in [-0.3, -0.25) is 0 Å². The van der Waals surface area contributed by atoms with Crippen molar-refractivity contribution in [1.82, 2.24) is 0 Å². The molecule has 1 aliphatic heterocycles. The summed E-state index contributed by atoms with van der Waals surface area (Å²) in [6, 6.07) is 20.8. The van der Waals surface area contributed by atoms with Gasteiger partial charge >= 0.3 is 0 Å². The summed E-state index contributed by atoms with van der Waals surface area (Å²) in [5.41, 5.74) is 1.98. The Bertz CT molecular complexity index is 1270. The molecule has 0 N–H and O–H groups in total. The second kappa shape index (κ2) is 13.7. The summed E-state index contributed by atoms with van der Waals surface area (Å²) >= 11 is 7.24. The van der Waals surface area contributed by atoms with Crippen LogP contribution >= 0.6 is 31.9 Å². The molecule has 0 radical (unpaired) electrons. The van der Waals surface area contributed by atoms with Gasteiger partial charge in [-0.1, -0.05) is 56.1 Å². The van der Waals surface area contributed by atoms with Crippen molar-refractivity contribution in [3.8, 4) is 22.6 Å². The third-order valence-corrected chi connectivity index (χ3v) is 7.21. The van der Waals surface area contributed by atoms with E-state index in [-0.39, 0.29) is 0 Å². The van der Waals surface area contributed by atoms with Crippen molar-refractivity contribution >= 4 is 53.4 Å². The van der Waals surface area contributed by atoms with Crippen LogP contribution in [0.4, 0.5) is 0 Å². The van der Waals surface area contributed by atoms with Gasteiger partial charge in [0.05, 0.1) is 52.9 Å². The van der Waals surface area contributed by atoms with Gasteiger partial charge in [0, 0.05) is 20.1 Å². The van der Waals surface area contributed by atoms with Gasteiger partial charge < -0.3 is 28.4 Å². The fourth-order valence-corrected chi connectivity index (χ4v) is 5.26. The van der Waals surface area contributed by atoms with Gasteiger partial charge in [-0.2, -0.15) is 0 Å². The Balaban J connectivity index is 1.58. The fraction of sp³-hybridized carbons (Fsp3) is 0.333. The van der Waals surface area contributed by atoms with E-state index in [4.69, 9.17) is 28.4 Å². The van der Waals surface area contributed by atoms with E-state index in [2.05, 4.69) is 80.4 Å². The number of halogens is 2. The van der Waals surface area contributed by atoms with Crippen molar-refractivity contribution in [2.45, 2.75) is 0 Å². The first-order valence-corrected chi connectivity index (χ1v) is 14.3. The Morgan fingerprint density at radius 2 is 0.789 bits per heavy atom. The molecule has 0 spiro atoms. The SMILES string of the molecule is Brc1ccc2c3c(ccc2c1)OCCOCCOCCOCCOCCOc1ccc2cc(Br)ccc2c1-3. The van der Waals surface area contributed by atoms with Crippen LogP contribution in [0.5, 0.6) is 11.5 Å². The zero-order valence-corrected chi connectivity index (χ0v) is 24.2. The van der Waals surface area contributed by atoms with Crippen molar-refractivity contribution in [2.24, 2.45) is 0 Å². The molecule has 1 heterocycles. The maximum atomic E-state index is 6.35. The number of rotatable bonds is 0. The van der Waals surface area contributed by atoms with Crippen molar-refractivity contribution in [3.63, 3.8) is 0 Å². The average Bonchev–Trinajstić information content (AvgIpc) is 2.92. The molecule has 38 heavy (non-hydrogen) atoms. The van der Waals surface area contributed by atoms with Crippen molar-refractivity contribution in [2.75, 3.05) is 66.1 Å². The summed E-state index contributed by atoms with van der Waals surface area (Å²) in [5, 5.41) is 4.37. The first kappa shape index (κ1) is 27.4. The highest BCUT2D eigenvalue weighted by molar-refractivity contribution is 9.10. The van der Waals surface area contributed by atoms with E-state index in [0.717, 1.165) is 53.1 Å². The molecule has 200 valence electrons. The normalized spacial score (nSPS) is 16.7. The van der Waals surface area contributed by atoms with Crippen LogP contribution in [-0.4, -0.2) is 66.1 Å². The van der Waals surface area contributed by atoms with E-state index in [0.29, 0.717) is 66.1 Å². The Hall–Kier alpha value is -2.20. The van der Waals surface area contributed by atoms with Crippen LogP contribution in [0, 0.1) is 0 Å². The largest absolute Gasteiger partial charge is 0.491 e. The molecule has 4 aromatic carbocycles. The number of hydrogen-bond acceptors (Lipinski definition) is 6. The third kappa shape index (κ3) is 6.86. The van der Waals surface area contributed by atoms with Crippen LogP contribution in [-0.2, 0) is 18.9 Å². The lowest BCUT2D eigenvalue weighted by molar-refractivity contribution is -0.00704. The van der Waals surface area contributed by atoms with Crippen molar-refractivity contribution < 1.29 is 28.4 Å². The molecular formula is C30H30Br2O6. The third-order valence-electron chi connectivity index (χ3n) is 6.22. The van der Waals surface area contributed by atoms with Crippen molar-refractivity contribution in [1.29, 1.82) is 0 Å². The Morgan fingerprint density at radius 1 is 0.421 bits per heavy atom. The first-order chi connectivity index (χ1) is 18.7. The van der Waals surface area contributed by atoms with E-state index in [9.17, 15) is 0 Å². The van der Waals surface area contributed by atoms with Gasteiger partial charge in [0.2, 0.25) is 0 Å². The van der Waals surface area contributed by atoms with Gasteiger partial charge in [0.1, 0.15) is 24.7 Å². The minimum absolute atomic E-state index is 0.415. The van der Waals surface area contributed by atoms with E-state index in [1.807, 2.05) is 12.1 Å². The highest BCUT2D eigenvalue weighted by Gasteiger charge is 2.19. The van der Waals surface area contributed by atoms with Crippen LogP contribution in [0.2, 0.25) is 0 Å². The van der Waals surface area contributed by atoms with Crippen LogP contribution in [0.15, 0.2) is 69.6 Å². The Labute approximate surface area is 239 Å². The summed E-state index contributed by atoms with van der Waals surface area (Å²) < 4.78 is 37.3. The highest BCUT2D eigenvalue weighted by atomic mass is 79.9. The topological polar surface area (TPSA) is 55.4 Å². The molecule has 8 heteroatoms. The molecule has 0 aromatic heterocycles. The van der Waals surface area contributed by atoms with Crippen molar-refractivity contribution in [3.05, 3.63) is 69.6 Å². The number of benzene rings is 4. The lowest BCUT2D eigenvalue weighted by atomic mass is 9.92. The second-order valence-corrected chi connectivity index (χ2v) is 10.6. The van der Waals surface area contributed by atoms with E-state index in [1.165, 1.54) is 0 Å². The number of ether oxygens (including phenoxy) is 6. The molecule has 0 aliphatic carbocycles. The molecule has 0 atom stereocenters. The Kier molecular flexibility index (Phi) is 9.89. The summed E-state index contributed by atoms with van der Waals surface area (Å²) in [5.74, 6) is 1.56. The van der Waals surface area contributed by atoms with Gasteiger partial charge in [0.25, 0.3) is 0 Å². The molecule has 0 fully saturated rings. The first-order valence-electron chi connectivity index (χ1n) is 12.7. The summed E-state index contributed by atoms with van der Waals surface area (Å²) in [6.07, 6.45) is 0. The zero-order valence-electron chi connectivity index (χ0n) is 21.0. The molecule has 5 rings (SSSR count). The second-order valence-electron chi connectivity index (χ2n) is 8.75. The van der Waals surface area contributed by atoms with Crippen LogP contribution in [0.25, 0.3) is 32.7 Å². The lowest BCUT2D eigenvalue weighted by Gasteiger charge is -2.20. The summed E-state index contributed by atoms with van der Waals surface area (Å²) in [6.45, 7) is 4.84. The number of fused-ring (bicyclic) bond motifs is 7. The minimum atomic E-state index is 0.415. The fourth-order valence-electron chi connectivity index (χ4n) is 4.50. The molecule has 0 saturated carbocycles. The predicted octanol–water partition coefficient (Wildman–Crippen LogP) is 7.02. The van der Waals surface area contributed by atoms with Crippen LogP contribution in [0.1, 0.15) is 0 Å². The van der Waals surface area contributed by atoms with E-state index >= 15 is 0 Å². The van der Waals surface area contributed by atoms with Gasteiger partial charge in [0.15, 0.2) is 0 Å². The lowest BCUT2D eigenvalue weighted by Crippen LogP contribution is -2.15. The Morgan fingerprint density at radius 3 is 1.18 bits per heavy atom. The summed E-state index contributed by atoms with van der Waals surface area (Å²) in [7, 11) is 0. The smallest absolute Gasteiger partial charge is 0.128 e. The predicted molar refractivity (Wildman–Crippen MR) is 157 cm³/mol. The molecule has 0 unspecified atom stereocenters. The van der Waals surface area contributed by atoms with Gasteiger partial charge in [-0.15, -0.1) is 0 Å². The van der Waals surface area contributed by atoms with E-state index in [1.54, 1.807) is 0 Å². The molecule has 0 saturated heterocycles. The minimum Gasteiger partial charge on any atom is -0.491 e. The quantitative estimate of drug-likeness (QED) is 0.205. The van der Waals surface area contributed by atoms with Gasteiger partial charge in [-0.05, 0) is 57.9 Å². The standard InChI is InChI=1S/C30H30Br2O6/c31-23-3-5-25-21(19-23)1-7-27-29(25)30-26-6-4-24(32)20-22(26)2-8-28(30)38-18-16-36-14-12-34-10-9-33-11-13-35-15-17-37-27/h1-8,19-20H,9-18H2. The van der Waals surface area contributed by atoms with Crippen LogP contribution in [0.3, 0.4) is 0 Å². The number of hydrogen-bond donors (Lipinski definition) is 0. The van der Waals surface area contributed by atoms with E-state index < -0.39 is 0 Å². The maximum Gasteiger partial charge on any atom is 0.128 e. The maximum absolute atomic E-state index is 6.35. The molecule has 0 amide bonds. The molecular weight excluding hydrogens is 616 g/mol. The summed E-state index contributed by atoms with van der Waals surface area (Å²) in [4.78, 5) is 0. The molecule has 4 aromatic rings. The molecule has 1 aliphatic rings. The average molecular weight is 646 g/mol. The zero-order chi connectivity index (χ0) is 26.2. The monoisotopic (exact) mass is 644 g/mol.